The van der Waals surface area contributed by atoms with Crippen molar-refractivity contribution in [1.82, 2.24) is 0 Å². The van der Waals surface area contributed by atoms with Crippen molar-refractivity contribution in [3.05, 3.63) is 33.9 Å². The van der Waals surface area contributed by atoms with E-state index in [2.05, 4.69) is 38.7 Å². The molecule has 1 aromatic rings. The van der Waals surface area contributed by atoms with Crippen molar-refractivity contribution in [2.75, 3.05) is 11.4 Å². The van der Waals surface area contributed by atoms with Crippen LogP contribution in [0.4, 0.5) is 11.4 Å². The highest BCUT2D eigenvalue weighted by atomic mass is 16.6. The van der Waals surface area contributed by atoms with Crippen LogP contribution in [-0.2, 0) is 0 Å². The zero-order chi connectivity index (χ0) is 16.0. The first-order valence-electron chi connectivity index (χ1n) is 7.39. The third-order valence-electron chi connectivity index (χ3n) is 3.57. The molecule has 0 bridgehead atoms. The Hall–Kier alpha value is -2.09. The van der Waals surface area contributed by atoms with Crippen molar-refractivity contribution < 1.29 is 4.92 Å². The van der Waals surface area contributed by atoms with E-state index in [-0.39, 0.29) is 5.69 Å². The molecule has 5 heteroatoms. The summed E-state index contributed by atoms with van der Waals surface area (Å²) in [4.78, 5) is 12.6. The lowest BCUT2D eigenvalue weighted by Gasteiger charge is -2.34. The van der Waals surface area contributed by atoms with Crippen LogP contribution in [0.5, 0.6) is 0 Å². The van der Waals surface area contributed by atoms with Crippen LogP contribution in [0.3, 0.4) is 0 Å². The maximum absolute atomic E-state index is 10.9. The maximum atomic E-state index is 10.9. The van der Waals surface area contributed by atoms with E-state index in [1.165, 1.54) is 12.1 Å². The van der Waals surface area contributed by atoms with Crippen LogP contribution in [0, 0.1) is 27.4 Å². The van der Waals surface area contributed by atoms with E-state index in [1.807, 2.05) is 0 Å². The zero-order valence-electron chi connectivity index (χ0n) is 13.2. The van der Waals surface area contributed by atoms with Gasteiger partial charge in [-0.2, -0.15) is 5.26 Å². The largest absolute Gasteiger partial charge is 0.367 e. The molecular formula is C16H23N3O2. The van der Waals surface area contributed by atoms with Gasteiger partial charge in [-0.3, -0.25) is 10.1 Å². The van der Waals surface area contributed by atoms with Crippen molar-refractivity contribution in [3.63, 3.8) is 0 Å². The molecule has 0 amide bonds. The Bertz CT molecular complexity index is 531. The molecule has 0 N–H and O–H groups in total. The van der Waals surface area contributed by atoms with Gasteiger partial charge >= 0.3 is 0 Å². The van der Waals surface area contributed by atoms with Gasteiger partial charge in [0.1, 0.15) is 6.07 Å². The molecule has 0 atom stereocenters. The number of anilines is 1. The third-order valence-corrected chi connectivity index (χ3v) is 3.57. The first-order valence-corrected chi connectivity index (χ1v) is 7.39. The second kappa shape index (κ2) is 7.63. The monoisotopic (exact) mass is 289 g/mol. The number of hydrogen-bond donors (Lipinski definition) is 0. The minimum atomic E-state index is -0.464. The predicted octanol–water partition coefficient (Wildman–Crippen LogP) is 4.12. The highest BCUT2D eigenvalue weighted by molar-refractivity contribution is 5.63. The molecule has 5 nitrogen and oxygen atoms in total. The molecule has 0 fully saturated rings. The minimum absolute atomic E-state index is 0.0376. The number of nitrogens with zero attached hydrogens (tertiary/aromatic N) is 3. The average molecular weight is 289 g/mol. The minimum Gasteiger partial charge on any atom is -0.367 e. The number of hydrogen-bond acceptors (Lipinski definition) is 4. The molecule has 0 saturated carbocycles. The van der Waals surface area contributed by atoms with Gasteiger partial charge < -0.3 is 4.90 Å². The second-order valence-electron chi connectivity index (χ2n) is 5.59. The third kappa shape index (κ3) is 4.19. The fraction of sp³-hybridized carbons (Fsp3) is 0.562. The van der Waals surface area contributed by atoms with Gasteiger partial charge in [0.25, 0.3) is 5.69 Å². The van der Waals surface area contributed by atoms with Crippen molar-refractivity contribution >= 4 is 11.4 Å². The lowest BCUT2D eigenvalue weighted by molar-refractivity contribution is -0.384. The van der Waals surface area contributed by atoms with E-state index >= 15 is 0 Å². The smallest absolute Gasteiger partial charge is 0.270 e. The zero-order valence-corrected chi connectivity index (χ0v) is 13.2. The Morgan fingerprint density at radius 2 is 1.95 bits per heavy atom. The number of nitro groups is 1. The number of non-ortho nitro benzene ring substituents is 1. The van der Waals surface area contributed by atoms with Gasteiger partial charge in [0.15, 0.2) is 0 Å². The highest BCUT2D eigenvalue weighted by Crippen LogP contribution is 2.28. The molecule has 1 aromatic carbocycles. The maximum Gasteiger partial charge on any atom is 0.270 e. The summed E-state index contributed by atoms with van der Waals surface area (Å²) in [5.41, 5.74) is 1.13. The van der Waals surface area contributed by atoms with Crippen LogP contribution >= 0.6 is 0 Å². The van der Waals surface area contributed by atoms with Crippen LogP contribution < -0.4 is 4.90 Å². The fourth-order valence-corrected chi connectivity index (χ4v) is 2.54. The van der Waals surface area contributed by atoms with Gasteiger partial charge in [-0.05, 0) is 24.8 Å². The lowest BCUT2D eigenvalue weighted by Crippen LogP contribution is -2.37. The molecule has 0 radical (unpaired) electrons. The molecule has 0 unspecified atom stereocenters. The van der Waals surface area contributed by atoms with E-state index in [4.69, 9.17) is 0 Å². The summed E-state index contributed by atoms with van der Waals surface area (Å²) in [6, 6.07) is 6.99. The summed E-state index contributed by atoms with van der Waals surface area (Å²) >= 11 is 0. The van der Waals surface area contributed by atoms with Gasteiger partial charge in [0.2, 0.25) is 0 Å². The Kier molecular flexibility index (Phi) is 6.16. The first-order chi connectivity index (χ1) is 9.94. The van der Waals surface area contributed by atoms with E-state index in [0.29, 0.717) is 17.5 Å². The molecule has 0 spiro atoms. The summed E-state index contributed by atoms with van der Waals surface area (Å²) in [5, 5.41) is 20.2. The summed E-state index contributed by atoms with van der Waals surface area (Å²) in [6.45, 7) is 9.34. The number of nitriles is 1. The van der Waals surface area contributed by atoms with Crippen molar-refractivity contribution in [2.45, 2.75) is 46.6 Å². The van der Waals surface area contributed by atoms with E-state index in [1.54, 1.807) is 6.07 Å². The van der Waals surface area contributed by atoms with Crippen LogP contribution in [0.1, 0.15) is 46.1 Å². The Morgan fingerprint density at radius 1 is 1.33 bits per heavy atom. The number of benzene rings is 1. The molecule has 0 aliphatic heterocycles. The van der Waals surface area contributed by atoms with E-state index < -0.39 is 4.92 Å². The quantitative estimate of drug-likeness (QED) is 0.559. The summed E-state index contributed by atoms with van der Waals surface area (Å²) in [6.07, 6.45) is 1.95. The van der Waals surface area contributed by atoms with Gasteiger partial charge in [-0.1, -0.05) is 27.7 Å². The fourth-order valence-electron chi connectivity index (χ4n) is 2.54. The van der Waals surface area contributed by atoms with Crippen LogP contribution in [0.2, 0.25) is 0 Å². The van der Waals surface area contributed by atoms with Crippen LogP contribution in [0.25, 0.3) is 0 Å². The highest BCUT2D eigenvalue weighted by Gasteiger charge is 2.21. The van der Waals surface area contributed by atoms with Crippen molar-refractivity contribution in [2.24, 2.45) is 5.92 Å². The summed E-state index contributed by atoms with van der Waals surface area (Å²) < 4.78 is 0. The number of rotatable bonds is 7. The topological polar surface area (TPSA) is 70.2 Å². The Labute approximate surface area is 126 Å². The van der Waals surface area contributed by atoms with Crippen LogP contribution in [-0.4, -0.2) is 17.5 Å². The first kappa shape index (κ1) is 17.0. The van der Waals surface area contributed by atoms with Gasteiger partial charge in [-0.15, -0.1) is 0 Å². The molecular weight excluding hydrogens is 266 g/mol. The van der Waals surface area contributed by atoms with Gasteiger partial charge in [-0.25, -0.2) is 0 Å². The second-order valence-corrected chi connectivity index (χ2v) is 5.59. The molecule has 0 aromatic heterocycles. The molecule has 114 valence electrons. The molecule has 0 aliphatic rings. The SMILES string of the molecule is CCC(CC)N(CC(C)C)c1ccc([N+](=O)[O-])cc1C#N. The molecule has 0 aliphatic carbocycles. The Morgan fingerprint density at radius 3 is 2.38 bits per heavy atom. The normalized spacial score (nSPS) is 10.7. The van der Waals surface area contributed by atoms with E-state index in [0.717, 1.165) is 25.1 Å². The number of nitro benzene ring substituents is 1. The van der Waals surface area contributed by atoms with Crippen LogP contribution in [0.15, 0.2) is 18.2 Å². The van der Waals surface area contributed by atoms with Crippen molar-refractivity contribution in [1.29, 1.82) is 5.26 Å². The lowest BCUT2D eigenvalue weighted by atomic mass is 10.0. The standard InChI is InChI=1S/C16H23N3O2/c1-5-14(6-2)18(11-12(3)4)16-8-7-15(19(20)21)9-13(16)10-17/h7-9,12,14H,5-6,11H2,1-4H3. The van der Waals surface area contributed by atoms with Gasteiger partial charge in [0.05, 0.1) is 16.2 Å². The molecule has 0 saturated heterocycles. The van der Waals surface area contributed by atoms with Crippen molar-refractivity contribution in [3.8, 4) is 6.07 Å². The molecule has 0 heterocycles. The summed E-state index contributed by atoms with van der Waals surface area (Å²) in [7, 11) is 0. The Balaban J connectivity index is 3.30. The molecule has 1 rings (SSSR count). The summed E-state index contributed by atoms with van der Waals surface area (Å²) in [5.74, 6) is 0.451. The van der Waals surface area contributed by atoms with E-state index in [9.17, 15) is 15.4 Å². The van der Waals surface area contributed by atoms with Gasteiger partial charge in [0, 0.05) is 24.7 Å². The molecule has 21 heavy (non-hydrogen) atoms. The average Bonchev–Trinajstić information content (AvgIpc) is 2.46. The predicted molar refractivity (Wildman–Crippen MR) is 84.4 cm³/mol.